The Hall–Kier alpha value is -1.46. The molecule has 0 saturated carbocycles. The van der Waals surface area contributed by atoms with E-state index in [9.17, 15) is 8.78 Å². The fourth-order valence-electron chi connectivity index (χ4n) is 2.23. The first-order valence-electron chi connectivity index (χ1n) is 6.58. The van der Waals surface area contributed by atoms with Crippen LogP contribution in [-0.2, 0) is 0 Å². The SMILES string of the molecule is CCNC(c1cccc(Br)c1)c1c(F)cc(OC)cc1F. The molecule has 0 bridgehead atoms. The van der Waals surface area contributed by atoms with Crippen LogP contribution in [0.4, 0.5) is 8.78 Å². The lowest BCUT2D eigenvalue weighted by Gasteiger charge is -2.21. The second-order valence-electron chi connectivity index (χ2n) is 4.55. The van der Waals surface area contributed by atoms with Crippen molar-refractivity contribution in [2.75, 3.05) is 13.7 Å². The van der Waals surface area contributed by atoms with E-state index in [4.69, 9.17) is 4.74 Å². The molecule has 0 aromatic heterocycles. The van der Waals surface area contributed by atoms with E-state index in [0.29, 0.717) is 6.54 Å². The molecule has 2 rings (SSSR count). The Morgan fingerprint density at radius 1 is 1.19 bits per heavy atom. The zero-order valence-electron chi connectivity index (χ0n) is 11.8. The van der Waals surface area contributed by atoms with Crippen LogP contribution in [0, 0.1) is 11.6 Å². The first-order chi connectivity index (χ1) is 10.1. The highest BCUT2D eigenvalue weighted by Crippen LogP contribution is 2.31. The molecule has 1 atom stereocenters. The lowest BCUT2D eigenvalue weighted by molar-refractivity contribution is 0.403. The summed E-state index contributed by atoms with van der Waals surface area (Å²) in [6.45, 7) is 2.48. The maximum Gasteiger partial charge on any atom is 0.134 e. The highest BCUT2D eigenvalue weighted by atomic mass is 79.9. The molecule has 0 aliphatic rings. The molecule has 0 amide bonds. The minimum atomic E-state index is -0.627. The Kier molecular flexibility index (Phi) is 5.31. The van der Waals surface area contributed by atoms with E-state index in [1.54, 1.807) is 0 Å². The zero-order valence-corrected chi connectivity index (χ0v) is 13.4. The minimum Gasteiger partial charge on any atom is -0.497 e. The van der Waals surface area contributed by atoms with Gasteiger partial charge in [0.2, 0.25) is 0 Å². The molecule has 112 valence electrons. The lowest BCUT2D eigenvalue weighted by Crippen LogP contribution is -2.24. The standard InChI is InChI=1S/C16H16BrF2NO/c1-3-20-16(10-5-4-6-11(17)7-10)15-13(18)8-12(21-2)9-14(15)19/h4-9,16,20H,3H2,1-2H3. The molecule has 0 aliphatic heterocycles. The molecule has 5 heteroatoms. The summed E-state index contributed by atoms with van der Waals surface area (Å²) in [5, 5.41) is 3.12. The number of ether oxygens (including phenoxy) is 1. The number of nitrogens with one attached hydrogen (secondary N) is 1. The molecule has 0 aliphatic carbocycles. The maximum absolute atomic E-state index is 14.3. The van der Waals surface area contributed by atoms with Crippen LogP contribution in [0.1, 0.15) is 24.1 Å². The summed E-state index contributed by atoms with van der Waals surface area (Å²) in [5.41, 5.74) is 0.782. The summed E-state index contributed by atoms with van der Waals surface area (Å²) in [7, 11) is 1.38. The monoisotopic (exact) mass is 355 g/mol. The predicted molar refractivity (Wildman–Crippen MR) is 82.6 cm³/mol. The lowest BCUT2D eigenvalue weighted by atomic mass is 9.97. The number of hydrogen-bond donors (Lipinski definition) is 1. The molecule has 1 N–H and O–H groups in total. The smallest absolute Gasteiger partial charge is 0.134 e. The number of rotatable bonds is 5. The van der Waals surface area contributed by atoms with Gasteiger partial charge in [0, 0.05) is 22.2 Å². The third-order valence-corrected chi connectivity index (χ3v) is 3.66. The van der Waals surface area contributed by atoms with Crippen LogP contribution in [0.25, 0.3) is 0 Å². The predicted octanol–water partition coefficient (Wildman–Crippen LogP) is 4.43. The quantitative estimate of drug-likeness (QED) is 0.856. The Balaban J connectivity index is 2.53. The number of hydrogen-bond acceptors (Lipinski definition) is 2. The molecule has 0 saturated heterocycles. The van der Waals surface area contributed by atoms with Gasteiger partial charge in [0.15, 0.2) is 0 Å². The van der Waals surface area contributed by atoms with Crippen molar-refractivity contribution >= 4 is 15.9 Å². The number of benzene rings is 2. The van der Waals surface area contributed by atoms with Crippen molar-refractivity contribution in [3.05, 3.63) is 63.6 Å². The first kappa shape index (κ1) is 15.9. The summed E-state index contributed by atoms with van der Waals surface area (Å²) in [5.74, 6) is -1.09. The summed E-state index contributed by atoms with van der Waals surface area (Å²) >= 11 is 3.38. The van der Waals surface area contributed by atoms with E-state index < -0.39 is 17.7 Å². The molecule has 0 spiro atoms. The van der Waals surface area contributed by atoms with Gasteiger partial charge in [-0.25, -0.2) is 8.78 Å². The average molecular weight is 356 g/mol. The van der Waals surface area contributed by atoms with E-state index in [2.05, 4.69) is 21.2 Å². The molecule has 21 heavy (non-hydrogen) atoms. The van der Waals surface area contributed by atoms with E-state index in [-0.39, 0.29) is 11.3 Å². The van der Waals surface area contributed by atoms with Gasteiger partial charge in [0.25, 0.3) is 0 Å². The van der Waals surface area contributed by atoms with Crippen LogP contribution < -0.4 is 10.1 Å². The molecule has 0 radical (unpaired) electrons. The highest BCUT2D eigenvalue weighted by Gasteiger charge is 2.22. The van der Waals surface area contributed by atoms with Gasteiger partial charge < -0.3 is 10.1 Å². The Labute approximate surface area is 131 Å². The van der Waals surface area contributed by atoms with Crippen molar-refractivity contribution in [2.24, 2.45) is 0 Å². The summed E-state index contributed by atoms with van der Waals surface area (Å²) < 4.78 is 34.3. The third-order valence-electron chi connectivity index (χ3n) is 3.17. The molecular weight excluding hydrogens is 340 g/mol. The molecule has 2 aromatic rings. The van der Waals surface area contributed by atoms with Gasteiger partial charge >= 0.3 is 0 Å². The second-order valence-corrected chi connectivity index (χ2v) is 5.47. The maximum atomic E-state index is 14.3. The van der Waals surface area contributed by atoms with Crippen LogP contribution in [-0.4, -0.2) is 13.7 Å². The van der Waals surface area contributed by atoms with Crippen molar-refractivity contribution in [3.63, 3.8) is 0 Å². The van der Waals surface area contributed by atoms with Crippen molar-refractivity contribution in [3.8, 4) is 5.75 Å². The Morgan fingerprint density at radius 3 is 2.38 bits per heavy atom. The van der Waals surface area contributed by atoms with Crippen LogP contribution in [0.15, 0.2) is 40.9 Å². The third kappa shape index (κ3) is 3.60. The molecular formula is C16H16BrF2NO. The Bertz CT molecular complexity index is 610. The van der Waals surface area contributed by atoms with Crippen molar-refractivity contribution in [2.45, 2.75) is 13.0 Å². The number of methoxy groups -OCH3 is 1. The molecule has 0 heterocycles. The van der Waals surface area contributed by atoms with Crippen molar-refractivity contribution in [1.29, 1.82) is 0 Å². The summed E-state index contributed by atoms with van der Waals surface area (Å²) in [6, 6.07) is 9.22. The van der Waals surface area contributed by atoms with Crippen LogP contribution in [0.3, 0.4) is 0 Å². The Morgan fingerprint density at radius 2 is 1.86 bits per heavy atom. The van der Waals surface area contributed by atoms with Gasteiger partial charge in [0.05, 0.1) is 13.2 Å². The van der Waals surface area contributed by atoms with E-state index >= 15 is 0 Å². The highest BCUT2D eigenvalue weighted by molar-refractivity contribution is 9.10. The number of halogens is 3. The topological polar surface area (TPSA) is 21.3 Å². The van der Waals surface area contributed by atoms with Gasteiger partial charge in [-0.15, -0.1) is 0 Å². The van der Waals surface area contributed by atoms with E-state index in [0.717, 1.165) is 10.0 Å². The van der Waals surface area contributed by atoms with Crippen molar-refractivity contribution in [1.82, 2.24) is 5.32 Å². The first-order valence-corrected chi connectivity index (χ1v) is 7.38. The normalized spacial score (nSPS) is 12.2. The average Bonchev–Trinajstić information content (AvgIpc) is 2.45. The minimum absolute atomic E-state index is 0.00394. The zero-order chi connectivity index (χ0) is 15.4. The van der Waals surface area contributed by atoms with Gasteiger partial charge in [0.1, 0.15) is 17.4 Å². The fourth-order valence-corrected chi connectivity index (χ4v) is 2.65. The molecule has 0 fully saturated rings. The van der Waals surface area contributed by atoms with Crippen LogP contribution in [0.2, 0.25) is 0 Å². The van der Waals surface area contributed by atoms with E-state index in [1.807, 2.05) is 31.2 Å². The summed E-state index contributed by atoms with van der Waals surface area (Å²) in [4.78, 5) is 0. The summed E-state index contributed by atoms with van der Waals surface area (Å²) in [6.07, 6.45) is 0. The second kappa shape index (κ2) is 7.00. The molecule has 2 nitrogen and oxygen atoms in total. The van der Waals surface area contributed by atoms with E-state index in [1.165, 1.54) is 19.2 Å². The van der Waals surface area contributed by atoms with Crippen LogP contribution >= 0.6 is 15.9 Å². The largest absolute Gasteiger partial charge is 0.497 e. The van der Waals surface area contributed by atoms with Gasteiger partial charge in [-0.05, 0) is 24.2 Å². The molecule has 1 unspecified atom stereocenters. The van der Waals surface area contributed by atoms with Crippen LogP contribution in [0.5, 0.6) is 5.75 Å². The van der Waals surface area contributed by atoms with Gasteiger partial charge in [-0.2, -0.15) is 0 Å². The van der Waals surface area contributed by atoms with Crippen molar-refractivity contribution < 1.29 is 13.5 Å². The molecule has 2 aromatic carbocycles. The van der Waals surface area contributed by atoms with Gasteiger partial charge in [-0.1, -0.05) is 35.0 Å². The fraction of sp³-hybridized carbons (Fsp3) is 0.250. The van der Waals surface area contributed by atoms with Gasteiger partial charge in [-0.3, -0.25) is 0 Å².